The van der Waals surface area contributed by atoms with Crippen molar-refractivity contribution in [3.8, 4) is 0 Å². The molecule has 1 fully saturated rings. The largest absolute Gasteiger partial charge is 0.0622 e. The summed E-state index contributed by atoms with van der Waals surface area (Å²) in [5.41, 5.74) is 0. The Labute approximate surface area is 192 Å². The molecule has 0 aromatic rings. The molecule has 0 nitrogen and oxygen atoms in total. The predicted molar refractivity (Wildman–Crippen MR) is 138 cm³/mol. The van der Waals surface area contributed by atoms with E-state index < -0.39 is 0 Å². The Morgan fingerprint density at radius 2 is 0.467 bits per heavy atom. The van der Waals surface area contributed by atoms with Gasteiger partial charge < -0.3 is 0 Å². The normalized spacial score (nSPS) is 45.0. The molecule has 10 unspecified atom stereocenters. The summed E-state index contributed by atoms with van der Waals surface area (Å²) < 4.78 is 0. The maximum atomic E-state index is 2.54. The lowest BCUT2D eigenvalue weighted by Crippen LogP contribution is -2.27. The van der Waals surface area contributed by atoms with Crippen molar-refractivity contribution in [3.63, 3.8) is 0 Å². The Morgan fingerprint density at radius 1 is 0.267 bits per heavy atom. The van der Waals surface area contributed by atoms with E-state index >= 15 is 0 Å². The van der Waals surface area contributed by atoms with Crippen molar-refractivity contribution in [2.24, 2.45) is 59.2 Å². The smallest absolute Gasteiger partial charge is 0.0386 e. The molecule has 0 amide bonds. The third-order valence-electron chi connectivity index (χ3n) is 10.5. The van der Waals surface area contributed by atoms with Crippen LogP contribution in [0.3, 0.4) is 0 Å². The van der Waals surface area contributed by atoms with Crippen LogP contribution in [0.5, 0.6) is 0 Å². The van der Waals surface area contributed by atoms with Gasteiger partial charge in [-0.3, -0.25) is 0 Å². The van der Waals surface area contributed by atoms with E-state index in [-0.39, 0.29) is 0 Å². The molecule has 30 heavy (non-hydrogen) atoms. The number of hydrogen-bond acceptors (Lipinski definition) is 0. The molecule has 0 bridgehead atoms. The van der Waals surface area contributed by atoms with Gasteiger partial charge in [0, 0.05) is 0 Å². The second-order valence-corrected chi connectivity index (χ2v) is 12.3. The minimum Gasteiger partial charge on any atom is -0.0622 e. The van der Waals surface area contributed by atoms with Gasteiger partial charge in [-0.2, -0.15) is 0 Å². The molecule has 1 aliphatic rings. The van der Waals surface area contributed by atoms with E-state index in [1.807, 2.05) is 0 Å². The second-order valence-electron chi connectivity index (χ2n) is 12.3. The van der Waals surface area contributed by atoms with Crippen LogP contribution in [0.1, 0.15) is 133 Å². The highest BCUT2D eigenvalue weighted by Gasteiger charge is 2.28. The fourth-order valence-corrected chi connectivity index (χ4v) is 6.30. The van der Waals surface area contributed by atoms with Crippen LogP contribution in [-0.4, -0.2) is 0 Å². The molecule has 0 aromatic heterocycles. The predicted octanol–water partition coefficient (Wildman–Crippen LogP) is 10.3. The van der Waals surface area contributed by atoms with Crippen molar-refractivity contribution in [1.29, 1.82) is 0 Å². The summed E-state index contributed by atoms with van der Waals surface area (Å²) in [5, 5.41) is 0. The monoisotopic (exact) mass is 420 g/mol. The highest BCUT2D eigenvalue weighted by Crippen LogP contribution is 2.37. The third-order valence-corrected chi connectivity index (χ3v) is 10.5. The quantitative estimate of drug-likeness (QED) is 0.365. The molecule has 1 rings (SSSR count). The molecule has 0 radical (unpaired) electrons. The van der Waals surface area contributed by atoms with Crippen molar-refractivity contribution >= 4 is 0 Å². The molecule has 1 saturated carbocycles. The fourth-order valence-electron chi connectivity index (χ4n) is 6.30. The molecule has 180 valence electrons. The molecular formula is C30H60. The highest BCUT2D eigenvalue weighted by atomic mass is 14.3. The van der Waals surface area contributed by atoms with E-state index in [1.54, 1.807) is 0 Å². The van der Waals surface area contributed by atoms with Gasteiger partial charge in [-0.15, -0.1) is 0 Å². The average molecular weight is 421 g/mol. The molecule has 0 saturated heterocycles. The molecule has 1 aliphatic carbocycles. The Balaban J connectivity index is 2.75. The molecule has 0 N–H and O–H groups in total. The van der Waals surface area contributed by atoms with E-state index in [1.165, 1.54) is 64.2 Å². The van der Waals surface area contributed by atoms with Gasteiger partial charge in [0.2, 0.25) is 0 Å². The van der Waals surface area contributed by atoms with Crippen LogP contribution in [0.25, 0.3) is 0 Å². The Morgan fingerprint density at radius 3 is 0.700 bits per heavy atom. The Kier molecular flexibility index (Phi) is 13.3. The van der Waals surface area contributed by atoms with Crippen LogP contribution in [0.2, 0.25) is 0 Å². The van der Waals surface area contributed by atoms with Gasteiger partial charge in [-0.1, -0.05) is 133 Å². The summed E-state index contributed by atoms with van der Waals surface area (Å²) in [4.78, 5) is 0. The maximum Gasteiger partial charge on any atom is -0.0386 e. The summed E-state index contributed by atoms with van der Waals surface area (Å²) in [7, 11) is 0. The Bertz CT molecular complexity index is 386. The molecule has 0 spiro atoms. The van der Waals surface area contributed by atoms with Crippen molar-refractivity contribution in [2.45, 2.75) is 133 Å². The summed E-state index contributed by atoms with van der Waals surface area (Å²) >= 11 is 0. The lowest BCUT2D eigenvalue weighted by atomic mass is 9.71. The zero-order chi connectivity index (χ0) is 22.8. The molecule has 0 heterocycles. The third kappa shape index (κ3) is 8.86. The summed E-state index contributed by atoms with van der Waals surface area (Å²) in [5.74, 6) is 8.61. The van der Waals surface area contributed by atoms with Crippen LogP contribution < -0.4 is 0 Å². The average Bonchev–Trinajstić information content (AvgIpc) is 2.74. The standard InChI is InChI=1S/C30H60/c1-21-17-13-11-12-14-18-22(2)26(6)30(10)28(8)24(4)20-16-15-19-23(3)27(7)29(9)25(21)5/h21-30H,11-20H2,1-10H3. The summed E-state index contributed by atoms with van der Waals surface area (Å²) in [6.07, 6.45) is 14.4. The highest BCUT2D eigenvalue weighted by molar-refractivity contribution is 4.78. The van der Waals surface area contributed by atoms with Crippen LogP contribution in [0, 0.1) is 59.2 Å². The lowest BCUT2D eigenvalue weighted by molar-refractivity contribution is 0.147. The maximum absolute atomic E-state index is 2.54. The number of rotatable bonds is 0. The van der Waals surface area contributed by atoms with Crippen LogP contribution in [-0.2, 0) is 0 Å². The van der Waals surface area contributed by atoms with Crippen molar-refractivity contribution < 1.29 is 0 Å². The fraction of sp³-hybridized carbons (Fsp3) is 1.00. The van der Waals surface area contributed by atoms with E-state index in [0.29, 0.717) is 0 Å². The minimum absolute atomic E-state index is 0.850. The first-order valence-electron chi connectivity index (χ1n) is 14.1. The molecular weight excluding hydrogens is 360 g/mol. The summed E-state index contributed by atoms with van der Waals surface area (Å²) in [6, 6.07) is 0. The van der Waals surface area contributed by atoms with Gasteiger partial charge in [0.15, 0.2) is 0 Å². The Hall–Kier alpha value is 0. The first-order valence-corrected chi connectivity index (χ1v) is 14.1. The van der Waals surface area contributed by atoms with Gasteiger partial charge in [0.1, 0.15) is 0 Å². The van der Waals surface area contributed by atoms with Gasteiger partial charge in [-0.25, -0.2) is 0 Å². The molecule has 0 heteroatoms. The van der Waals surface area contributed by atoms with E-state index in [0.717, 1.165) is 59.2 Å². The van der Waals surface area contributed by atoms with E-state index in [9.17, 15) is 0 Å². The second kappa shape index (κ2) is 14.2. The van der Waals surface area contributed by atoms with Gasteiger partial charge >= 0.3 is 0 Å². The minimum atomic E-state index is 0.850. The lowest BCUT2D eigenvalue weighted by Gasteiger charge is -2.35. The number of hydrogen-bond donors (Lipinski definition) is 0. The van der Waals surface area contributed by atoms with Crippen LogP contribution >= 0.6 is 0 Å². The molecule has 0 aliphatic heterocycles. The van der Waals surface area contributed by atoms with Gasteiger partial charge in [0.25, 0.3) is 0 Å². The van der Waals surface area contributed by atoms with Crippen LogP contribution in [0.4, 0.5) is 0 Å². The van der Waals surface area contributed by atoms with Crippen molar-refractivity contribution in [3.05, 3.63) is 0 Å². The SMILES string of the molecule is CC1CCCCCCC(C)C(C)C(C)C(C)C(C)CCCCC(C)C(C)C(C)C1C. The van der Waals surface area contributed by atoms with E-state index in [4.69, 9.17) is 0 Å². The first-order chi connectivity index (χ1) is 14.1. The zero-order valence-electron chi connectivity index (χ0n) is 22.8. The van der Waals surface area contributed by atoms with Crippen molar-refractivity contribution in [1.82, 2.24) is 0 Å². The van der Waals surface area contributed by atoms with Crippen LogP contribution in [0.15, 0.2) is 0 Å². The molecule has 10 atom stereocenters. The van der Waals surface area contributed by atoms with Crippen molar-refractivity contribution in [2.75, 3.05) is 0 Å². The van der Waals surface area contributed by atoms with E-state index in [2.05, 4.69) is 69.2 Å². The molecule has 0 aromatic carbocycles. The summed E-state index contributed by atoms with van der Waals surface area (Å²) in [6.45, 7) is 25.4. The van der Waals surface area contributed by atoms with Gasteiger partial charge in [0.05, 0.1) is 0 Å². The van der Waals surface area contributed by atoms with Gasteiger partial charge in [-0.05, 0) is 59.2 Å². The topological polar surface area (TPSA) is 0 Å². The zero-order valence-corrected chi connectivity index (χ0v) is 22.8. The first kappa shape index (κ1) is 28.0.